The summed E-state index contributed by atoms with van der Waals surface area (Å²) in [6.45, 7) is 7.04. The molecule has 1 aliphatic heterocycles. The lowest BCUT2D eigenvalue weighted by atomic mass is 10.1. The topological polar surface area (TPSA) is 102 Å². The molecule has 0 atom stereocenters. The van der Waals surface area contributed by atoms with Crippen molar-refractivity contribution in [1.82, 2.24) is 4.90 Å². The monoisotopic (exact) mass is 426 g/mol. The predicted octanol–water partition coefficient (Wildman–Crippen LogP) is 2.46. The number of nitrogens with zero attached hydrogens (tertiary/aromatic N) is 1. The smallest absolute Gasteiger partial charge is 0.341 e. The van der Waals surface area contributed by atoms with Crippen LogP contribution in [0.15, 0.2) is 11.1 Å². The van der Waals surface area contributed by atoms with E-state index in [1.165, 1.54) is 41.0 Å². The van der Waals surface area contributed by atoms with Gasteiger partial charge in [0, 0.05) is 11.8 Å². The van der Waals surface area contributed by atoms with Crippen LogP contribution in [0.25, 0.3) is 0 Å². The number of carbonyl (C=O) groups is 4. The minimum atomic E-state index is -0.569. The van der Waals surface area contributed by atoms with Crippen molar-refractivity contribution in [3.05, 3.63) is 27.1 Å². The first kappa shape index (κ1) is 22.0. The van der Waals surface area contributed by atoms with E-state index in [1.807, 2.05) is 6.92 Å². The molecule has 0 unspecified atom stereocenters. The average Bonchev–Trinajstić information content (AvgIpc) is 3.08. The van der Waals surface area contributed by atoms with Crippen LogP contribution >= 0.6 is 23.1 Å². The number of ether oxygens (including phenoxy) is 2. The molecule has 2 heterocycles. The van der Waals surface area contributed by atoms with Gasteiger partial charge in [-0.3, -0.25) is 9.59 Å². The summed E-state index contributed by atoms with van der Waals surface area (Å²) in [5.74, 6) is -1.32. The molecular formula is C18H22N2O6S2. The van der Waals surface area contributed by atoms with Gasteiger partial charge in [-0.2, -0.15) is 0 Å². The molecule has 1 N–H and O–H groups in total. The molecule has 1 aromatic heterocycles. The zero-order chi connectivity index (χ0) is 20.8. The zero-order valence-electron chi connectivity index (χ0n) is 16.1. The Labute approximate surface area is 171 Å². The Hall–Kier alpha value is -2.33. The van der Waals surface area contributed by atoms with Crippen LogP contribution in [-0.4, -0.2) is 54.2 Å². The standard InChI is InChI=1S/C18H22N2O6S2/c1-5-25-15(23)8-14-20(13(22)9-27-14)6-7-26-18(24)16-10(2)11(3)28-17(16)19-12(4)21/h8H,5-7,9H2,1-4H3,(H,19,21)/b14-8-. The Morgan fingerprint density at radius 1 is 1.25 bits per heavy atom. The summed E-state index contributed by atoms with van der Waals surface area (Å²) in [6.07, 6.45) is 1.27. The van der Waals surface area contributed by atoms with Gasteiger partial charge in [0.05, 0.1) is 35.6 Å². The fraction of sp³-hybridized carbons (Fsp3) is 0.444. The lowest BCUT2D eigenvalue weighted by Crippen LogP contribution is -2.29. The summed E-state index contributed by atoms with van der Waals surface area (Å²) < 4.78 is 10.2. The Morgan fingerprint density at radius 2 is 1.96 bits per heavy atom. The fourth-order valence-corrected chi connectivity index (χ4v) is 4.53. The fourth-order valence-electron chi connectivity index (χ4n) is 2.48. The van der Waals surface area contributed by atoms with E-state index in [4.69, 9.17) is 9.47 Å². The van der Waals surface area contributed by atoms with Crippen LogP contribution in [0.5, 0.6) is 0 Å². The van der Waals surface area contributed by atoms with Crippen molar-refractivity contribution >= 4 is 51.9 Å². The van der Waals surface area contributed by atoms with Crippen molar-refractivity contribution in [2.75, 3.05) is 30.8 Å². The van der Waals surface area contributed by atoms with Gasteiger partial charge in [-0.05, 0) is 26.3 Å². The van der Waals surface area contributed by atoms with Crippen molar-refractivity contribution in [3.8, 4) is 0 Å². The van der Waals surface area contributed by atoms with E-state index < -0.39 is 11.9 Å². The van der Waals surface area contributed by atoms with Gasteiger partial charge in [-0.1, -0.05) is 11.8 Å². The highest BCUT2D eigenvalue weighted by Gasteiger charge is 2.28. The molecule has 1 saturated heterocycles. The first-order chi connectivity index (χ1) is 13.2. The minimum absolute atomic E-state index is 0.0425. The summed E-state index contributed by atoms with van der Waals surface area (Å²) in [6, 6.07) is 0. The second kappa shape index (κ2) is 9.74. The number of thioether (sulfide) groups is 1. The van der Waals surface area contributed by atoms with Gasteiger partial charge in [-0.15, -0.1) is 11.3 Å². The number of hydrogen-bond donors (Lipinski definition) is 1. The largest absolute Gasteiger partial charge is 0.463 e. The van der Waals surface area contributed by atoms with Crippen LogP contribution in [0.3, 0.4) is 0 Å². The maximum absolute atomic E-state index is 12.5. The van der Waals surface area contributed by atoms with E-state index in [2.05, 4.69) is 5.32 Å². The van der Waals surface area contributed by atoms with Gasteiger partial charge < -0.3 is 19.7 Å². The van der Waals surface area contributed by atoms with Crippen LogP contribution in [0.1, 0.15) is 34.6 Å². The Bertz CT molecular complexity index is 830. The predicted molar refractivity (Wildman–Crippen MR) is 107 cm³/mol. The molecule has 0 bridgehead atoms. The molecule has 0 saturated carbocycles. The molecule has 2 amide bonds. The minimum Gasteiger partial charge on any atom is -0.463 e. The first-order valence-corrected chi connectivity index (χ1v) is 10.4. The van der Waals surface area contributed by atoms with Gasteiger partial charge in [0.15, 0.2) is 0 Å². The first-order valence-electron chi connectivity index (χ1n) is 8.60. The summed E-state index contributed by atoms with van der Waals surface area (Å²) in [5.41, 5.74) is 1.07. The Balaban J connectivity index is 2.02. The van der Waals surface area contributed by atoms with Crippen molar-refractivity contribution < 1.29 is 28.7 Å². The summed E-state index contributed by atoms with van der Waals surface area (Å²) in [5, 5.41) is 3.57. The van der Waals surface area contributed by atoms with Crippen LogP contribution < -0.4 is 5.32 Å². The van der Waals surface area contributed by atoms with E-state index in [9.17, 15) is 19.2 Å². The molecule has 0 aliphatic carbocycles. The maximum Gasteiger partial charge on any atom is 0.341 e. The van der Waals surface area contributed by atoms with Crippen molar-refractivity contribution in [1.29, 1.82) is 0 Å². The molecule has 2 rings (SSSR count). The van der Waals surface area contributed by atoms with Gasteiger partial charge in [0.25, 0.3) is 0 Å². The number of esters is 2. The number of anilines is 1. The van der Waals surface area contributed by atoms with E-state index in [0.717, 1.165) is 10.4 Å². The molecular weight excluding hydrogens is 404 g/mol. The third kappa shape index (κ3) is 5.35. The van der Waals surface area contributed by atoms with Gasteiger partial charge in [0.2, 0.25) is 11.8 Å². The third-order valence-electron chi connectivity index (χ3n) is 3.87. The zero-order valence-corrected chi connectivity index (χ0v) is 17.8. The van der Waals surface area contributed by atoms with Crippen LogP contribution in [0.4, 0.5) is 5.00 Å². The third-order valence-corrected chi connectivity index (χ3v) is 6.01. The molecule has 28 heavy (non-hydrogen) atoms. The van der Waals surface area contributed by atoms with Crippen LogP contribution in [0, 0.1) is 13.8 Å². The average molecular weight is 427 g/mol. The number of thiophene rings is 1. The highest BCUT2D eigenvalue weighted by Crippen LogP contribution is 2.33. The van der Waals surface area contributed by atoms with Crippen molar-refractivity contribution in [2.45, 2.75) is 27.7 Å². The molecule has 1 aliphatic rings. The second-order valence-electron chi connectivity index (χ2n) is 5.87. The number of aryl methyl sites for hydroxylation is 1. The quantitative estimate of drug-likeness (QED) is 0.528. The SMILES string of the molecule is CCOC(=O)/C=C1\SCC(=O)N1CCOC(=O)c1c(NC(C)=O)sc(C)c1C. The van der Waals surface area contributed by atoms with Gasteiger partial charge >= 0.3 is 11.9 Å². The molecule has 8 nitrogen and oxygen atoms in total. The number of amides is 2. The lowest BCUT2D eigenvalue weighted by Gasteiger charge is -2.17. The Morgan fingerprint density at radius 3 is 2.61 bits per heavy atom. The summed E-state index contributed by atoms with van der Waals surface area (Å²) in [7, 11) is 0. The molecule has 1 aromatic rings. The molecule has 0 spiro atoms. The molecule has 0 aromatic carbocycles. The van der Waals surface area contributed by atoms with E-state index in [-0.39, 0.29) is 37.3 Å². The number of hydrogen-bond acceptors (Lipinski definition) is 8. The molecule has 152 valence electrons. The Kier molecular flexibility index (Phi) is 7.64. The number of rotatable bonds is 7. The molecule has 0 radical (unpaired) electrons. The second-order valence-corrected chi connectivity index (χ2v) is 8.09. The number of nitrogens with one attached hydrogen (secondary N) is 1. The lowest BCUT2D eigenvalue weighted by molar-refractivity contribution is -0.137. The number of carbonyl (C=O) groups excluding carboxylic acids is 4. The maximum atomic E-state index is 12.5. The van der Waals surface area contributed by atoms with Gasteiger partial charge in [0.1, 0.15) is 11.6 Å². The van der Waals surface area contributed by atoms with E-state index >= 15 is 0 Å². The van der Waals surface area contributed by atoms with Crippen LogP contribution in [0.2, 0.25) is 0 Å². The van der Waals surface area contributed by atoms with E-state index in [0.29, 0.717) is 15.6 Å². The molecule has 10 heteroatoms. The highest BCUT2D eigenvalue weighted by molar-refractivity contribution is 8.04. The van der Waals surface area contributed by atoms with E-state index in [1.54, 1.807) is 13.8 Å². The van der Waals surface area contributed by atoms with Crippen molar-refractivity contribution in [2.24, 2.45) is 0 Å². The van der Waals surface area contributed by atoms with Crippen molar-refractivity contribution in [3.63, 3.8) is 0 Å². The molecule has 1 fully saturated rings. The van der Waals surface area contributed by atoms with Gasteiger partial charge in [-0.25, -0.2) is 9.59 Å². The van der Waals surface area contributed by atoms with Crippen LogP contribution in [-0.2, 0) is 23.9 Å². The summed E-state index contributed by atoms with van der Waals surface area (Å²) in [4.78, 5) is 49.8. The normalized spacial score (nSPS) is 15.1. The highest BCUT2D eigenvalue weighted by atomic mass is 32.2. The summed E-state index contributed by atoms with van der Waals surface area (Å²) >= 11 is 2.54.